The second-order valence-electron chi connectivity index (χ2n) is 4.12. The molecule has 0 spiro atoms. The zero-order chi connectivity index (χ0) is 12.5. The van der Waals surface area contributed by atoms with Crippen LogP contribution in [0.2, 0.25) is 0 Å². The average molecular weight is 260 g/mol. The van der Waals surface area contributed by atoms with Crippen LogP contribution < -0.4 is 0 Å². The van der Waals surface area contributed by atoms with Crippen LogP contribution in [-0.2, 0) is 12.8 Å². The van der Waals surface area contributed by atoms with Gasteiger partial charge < -0.3 is 0 Å². The van der Waals surface area contributed by atoms with Crippen LogP contribution in [0.1, 0.15) is 30.5 Å². The first-order valence-corrected chi connectivity index (χ1v) is 6.36. The van der Waals surface area contributed by atoms with Crippen molar-refractivity contribution in [3.05, 3.63) is 71.3 Å². The lowest BCUT2D eigenvalue weighted by molar-refractivity contribution is 0.823. The van der Waals surface area contributed by atoms with Gasteiger partial charge in [-0.2, -0.15) is 0 Å². The highest BCUT2D eigenvalue weighted by atomic mass is 16.0. The van der Waals surface area contributed by atoms with Crippen LogP contribution in [0.5, 0.6) is 0 Å². The molecule has 0 heterocycles. The summed E-state index contributed by atoms with van der Waals surface area (Å²) in [5.74, 6) is 0. The van der Waals surface area contributed by atoms with E-state index in [4.69, 9.17) is 0 Å². The Kier molecular flexibility index (Phi) is 11.9. The Morgan fingerprint density at radius 1 is 0.684 bits per heavy atom. The third kappa shape index (κ3) is 7.39. The van der Waals surface area contributed by atoms with Crippen LogP contribution in [0.25, 0.3) is 0 Å². The Morgan fingerprint density at radius 3 is 1.58 bits per heavy atom. The van der Waals surface area contributed by atoms with E-state index in [1.165, 1.54) is 16.7 Å². The molecule has 19 heavy (non-hydrogen) atoms. The predicted molar refractivity (Wildman–Crippen MR) is 80.2 cm³/mol. The molecule has 2 aromatic rings. The van der Waals surface area contributed by atoms with E-state index in [0.717, 1.165) is 12.8 Å². The number of hydrogen-bond donors (Lipinski definition) is 2. The van der Waals surface area contributed by atoms with Crippen molar-refractivity contribution in [2.45, 2.75) is 33.6 Å². The SMILES string of the molecule is CCc1ccccc1.CCc1ccccc1C.[OH].[OH]. The molecule has 0 fully saturated rings. The Bertz CT molecular complexity index is 424. The van der Waals surface area contributed by atoms with E-state index < -0.39 is 0 Å². The molecule has 0 aliphatic rings. The molecule has 0 unspecified atom stereocenters. The Labute approximate surface area is 116 Å². The molecule has 2 radical (unpaired) electrons. The molecule has 0 atom stereocenters. The highest BCUT2D eigenvalue weighted by Gasteiger charge is 1.89. The predicted octanol–water partition coefficient (Wildman–Crippen LogP) is 4.45. The first kappa shape index (κ1) is 19.7. The lowest BCUT2D eigenvalue weighted by atomic mass is 10.1. The molecular weight excluding hydrogens is 236 g/mol. The monoisotopic (exact) mass is 260 g/mol. The fourth-order valence-corrected chi connectivity index (χ4v) is 1.72. The first-order valence-electron chi connectivity index (χ1n) is 6.36. The van der Waals surface area contributed by atoms with Crippen molar-refractivity contribution in [2.24, 2.45) is 0 Å². The van der Waals surface area contributed by atoms with E-state index in [1.807, 2.05) is 6.07 Å². The quantitative estimate of drug-likeness (QED) is 0.801. The molecule has 2 aromatic carbocycles. The van der Waals surface area contributed by atoms with Crippen molar-refractivity contribution in [1.29, 1.82) is 0 Å². The second-order valence-corrected chi connectivity index (χ2v) is 4.12. The maximum atomic E-state index is 2.18. The van der Waals surface area contributed by atoms with Crippen LogP contribution in [0.4, 0.5) is 0 Å². The van der Waals surface area contributed by atoms with Gasteiger partial charge in [-0.3, -0.25) is 11.0 Å². The molecule has 2 nitrogen and oxygen atoms in total. The van der Waals surface area contributed by atoms with Gasteiger partial charge in [-0.1, -0.05) is 68.4 Å². The number of benzene rings is 2. The molecule has 2 N–H and O–H groups in total. The molecule has 104 valence electrons. The summed E-state index contributed by atoms with van der Waals surface area (Å²) >= 11 is 0. The molecule has 0 bridgehead atoms. The molecule has 0 saturated heterocycles. The summed E-state index contributed by atoms with van der Waals surface area (Å²) in [6.45, 7) is 6.50. The third-order valence-electron chi connectivity index (χ3n) is 2.89. The second kappa shape index (κ2) is 11.5. The van der Waals surface area contributed by atoms with Crippen molar-refractivity contribution in [3.8, 4) is 0 Å². The standard InChI is InChI=1S/C9H12.C8H10.2HO/c1-3-9-7-5-4-6-8(9)2;1-2-8-6-4-3-5-7-8;;/h4-7H,3H2,1-2H3;3-7H,2H2,1H3;2*1H. The van der Waals surface area contributed by atoms with Gasteiger partial charge in [0.05, 0.1) is 0 Å². The van der Waals surface area contributed by atoms with E-state index in [0.29, 0.717) is 0 Å². The summed E-state index contributed by atoms with van der Waals surface area (Å²) in [5, 5.41) is 0. The summed E-state index contributed by atoms with van der Waals surface area (Å²) in [7, 11) is 0. The summed E-state index contributed by atoms with van der Waals surface area (Å²) in [6.07, 6.45) is 2.29. The summed E-state index contributed by atoms with van der Waals surface area (Å²) in [6, 6.07) is 18.9. The van der Waals surface area contributed by atoms with Gasteiger partial charge in [0.25, 0.3) is 0 Å². The van der Waals surface area contributed by atoms with Crippen molar-refractivity contribution in [2.75, 3.05) is 0 Å². The lowest BCUT2D eigenvalue weighted by Gasteiger charge is -1.98. The summed E-state index contributed by atoms with van der Waals surface area (Å²) in [4.78, 5) is 0. The fourth-order valence-electron chi connectivity index (χ4n) is 1.72. The molecule has 0 amide bonds. The summed E-state index contributed by atoms with van der Waals surface area (Å²) in [5.41, 5.74) is 4.27. The van der Waals surface area contributed by atoms with Crippen LogP contribution in [0, 0.1) is 6.92 Å². The van der Waals surface area contributed by atoms with Gasteiger partial charge in [0, 0.05) is 0 Å². The largest absolute Gasteiger partial charge is 0.255 e. The van der Waals surface area contributed by atoms with Crippen molar-refractivity contribution < 1.29 is 11.0 Å². The van der Waals surface area contributed by atoms with E-state index >= 15 is 0 Å². The average Bonchev–Trinajstić information content (AvgIpc) is 2.41. The number of rotatable bonds is 2. The highest BCUT2D eigenvalue weighted by molar-refractivity contribution is 5.25. The van der Waals surface area contributed by atoms with Crippen LogP contribution in [0.3, 0.4) is 0 Å². The minimum atomic E-state index is 0. The molecular formula is C17H24O2. The molecule has 2 rings (SSSR count). The minimum absolute atomic E-state index is 0. The zero-order valence-electron chi connectivity index (χ0n) is 12.0. The van der Waals surface area contributed by atoms with Gasteiger partial charge in [0.2, 0.25) is 0 Å². The lowest BCUT2D eigenvalue weighted by Crippen LogP contribution is -1.82. The van der Waals surface area contributed by atoms with Gasteiger partial charge >= 0.3 is 0 Å². The normalized spacial score (nSPS) is 8.37. The van der Waals surface area contributed by atoms with Crippen LogP contribution in [0.15, 0.2) is 54.6 Å². The highest BCUT2D eigenvalue weighted by Crippen LogP contribution is 2.06. The van der Waals surface area contributed by atoms with Gasteiger partial charge in [-0.25, -0.2) is 0 Å². The summed E-state index contributed by atoms with van der Waals surface area (Å²) < 4.78 is 0. The minimum Gasteiger partial charge on any atom is -0.255 e. The van der Waals surface area contributed by atoms with E-state index in [2.05, 4.69) is 69.3 Å². The van der Waals surface area contributed by atoms with Gasteiger partial charge in [0.15, 0.2) is 0 Å². The van der Waals surface area contributed by atoms with Gasteiger partial charge in [-0.15, -0.1) is 0 Å². The van der Waals surface area contributed by atoms with E-state index in [1.54, 1.807) is 0 Å². The maximum absolute atomic E-state index is 2.18. The van der Waals surface area contributed by atoms with Gasteiger partial charge in [-0.05, 0) is 36.5 Å². The number of hydrogen-bond acceptors (Lipinski definition) is 0. The molecule has 0 aliphatic heterocycles. The molecule has 0 aliphatic carbocycles. The molecule has 2 heteroatoms. The van der Waals surface area contributed by atoms with Crippen LogP contribution >= 0.6 is 0 Å². The maximum Gasteiger partial charge on any atom is -0.0305 e. The third-order valence-corrected chi connectivity index (χ3v) is 2.89. The zero-order valence-corrected chi connectivity index (χ0v) is 12.0. The van der Waals surface area contributed by atoms with Crippen molar-refractivity contribution in [1.82, 2.24) is 0 Å². The van der Waals surface area contributed by atoms with E-state index in [-0.39, 0.29) is 11.0 Å². The topological polar surface area (TPSA) is 60.0 Å². The first-order chi connectivity index (χ1) is 8.27. The van der Waals surface area contributed by atoms with Gasteiger partial charge in [0.1, 0.15) is 0 Å². The fraction of sp³-hybridized carbons (Fsp3) is 0.294. The van der Waals surface area contributed by atoms with Crippen LogP contribution in [-0.4, -0.2) is 11.0 Å². The molecule has 0 aromatic heterocycles. The van der Waals surface area contributed by atoms with E-state index in [9.17, 15) is 0 Å². The Hall–Kier alpha value is -1.64. The Balaban J connectivity index is 0. The molecule has 0 saturated carbocycles. The number of aryl methyl sites for hydroxylation is 3. The smallest absolute Gasteiger partial charge is 0.0305 e. The van der Waals surface area contributed by atoms with Crippen molar-refractivity contribution >= 4 is 0 Å². The Morgan fingerprint density at radius 2 is 1.21 bits per heavy atom. The van der Waals surface area contributed by atoms with Crippen molar-refractivity contribution in [3.63, 3.8) is 0 Å².